The van der Waals surface area contributed by atoms with Crippen molar-refractivity contribution >= 4 is 5.69 Å². The van der Waals surface area contributed by atoms with Crippen molar-refractivity contribution in [1.82, 2.24) is 4.98 Å². The molecule has 3 nitrogen and oxygen atoms in total. The Morgan fingerprint density at radius 2 is 2.05 bits per heavy atom. The van der Waals surface area contributed by atoms with Crippen molar-refractivity contribution in [2.75, 3.05) is 5.73 Å². The van der Waals surface area contributed by atoms with Crippen LogP contribution >= 0.6 is 0 Å². The summed E-state index contributed by atoms with van der Waals surface area (Å²) in [4.78, 5) is 4.55. The van der Waals surface area contributed by atoms with Gasteiger partial charge in [-0.2, -0.15) is 0 Å². The number of allylic oxidation sites excluding steroid dienone is 1. The van der Waals surface area contributed by atoms with Crippen molar-refractivity contribution in [3.63, 3.8) is 0 Å². The Hall–Kier alpha value is -2.13. The smallest absolute Gasteiger partial charge is 0.0704 e. The highest BCUT2D eigenvalue weighted by Crippen LogP contribution is 2.25. The van der Waals surface area contributed by atoms with Gasteiger partial charge in [0.05, 0.1) is 11.7 Å². The summed E-state index contributed by atoms with van der Waals surface area (Å²) in [7, 11) is 0. The van der Waals surface area contributed by atoms with Gasteiger partial charge in [0.25, 0.3) is 0 Å². The molecule has 4 N–H and O–H groups in total. The number of nitrogens with zero attached hydrogens (tertiary/aromatic N) is 1. The molecule has 1 aromatic heterocycles. The predicted molar refractivity (Wildman–Crippen MR) is 89.8 cm³/mol. The van der Waals surface area contributed by atoms with Gasteiger partial charge in [0.15, 0.2) is 0 Å². The molecule has 1 aromatic carbocycles. The Morgan fingerprint density at radius 3 is 2.62 bits per heavy atom. The zero-order valence-corrected chi connectivity index (χ0v) is 12.9. The van der Waals surface area contributed by atoms with Gasteiger partial charge < -0.3 is 11.5 Å². The number of anilines is 1. The molecule has 0 saturated heterocycles. The van der Waals surface area contributed by atoms with Crippen LogP contribution in [0, 0.1) is 6.92 Å². The molecule has 3 heteroatoms. The first-order valence-electron chi connectivity index (χ1n) is 7.27. The molecule has 0 aliphatic carbocycles. The lowest BCUT2D eigenvalue weighted by atomic mass is 9.99. The van der Waals surface area contributed by atoms with Crippen LogP contribution in [0.5, 0.6) is 0 Å². The Morgan fingerprint density at radius 1 is 1.29 bits per heavy atom. The van der Waals surface area contributed by atoms with Gasteiger partial charge in [-0.3, -0.25) is 4.98 Å². The molecular formula is C18H23N3. The summed E-state index contributed by atoms with van der Waals surface area (Å²) >= 11 is 0. The number of nitrogens with two attached hydrogens (primary N) is 2. The van der Waals surface area contributed by atoms with Crippen molar-refractivity contribution in [1.29, 1.82) is 0 Å². The average Bonchev–Trinajstić information content (AvgIpc) is 2.47. The summed E-state index contributed by atoms with van der Waals surface area (Å²) in [6.45, 7) is 6.22. The maximum atomic E-state index is 6.24. The number of rotatable bonds is 4. The van der Waals surface area contributed by atoms with Crippen molar-refractivity contribution in [2.45, 2.75) is 33.2 Å². The molecule has 0 fully saturated rings. The van der Waals surface area contributed by atoms with E-state index < -0.39 is 0 Å². The number of hydrogen-bond donors (Lipinski definition) is 2. The van der Waals surface area contributed by atoms with Crippen molar-refractivity contribution in [3.05, 3.63) is 59.3 Å². The van der Waals surface area contributed by atoms with E-state index in [2.05, 4.69) is 31.0 Å². The van der Waals surface area contributed by atoms with Crippen molar-refractivity contribution < 1.29 is 0 Å². The van der Waals surface area contributed by atoms with Crippen LogP contribution in [0.3, 0.4) is 0 Å². The minimum atomic E-state index is -0.0842. The first-order valence-corrected chi connectivity index (χ1v) is 7.27. The van der Waals surface area contributed by atoms with E-state index in [4.69, 9.17) is 11.5 Å². The minimum absolute atomic E-state index is 0.0842. The van der Waals surface area contributed by atoms with E-state index in [-0.39, 0.29) is 6.04 Å². The SMILES string of the molecule is CC/C=C(\C)C(N)c1ccc(-c2ccc(N)cc2C)nc1. The van der Waals surface area contributed by atoms with E-state index in [9.17, 15) is 0 Å². The third-order valence-corrected chi connectivity index (χ3v) is 3.69. The van der Waals surface area contributed by atoms with Gasteiger partial charge in [-0.1, -0.05) is 30.7 Å². The van der Waals surface area contributed by atoms with Gasteiger partial charge in [0.2, 0.25) is 0 Å². The molecule has 0 aliphatic rings. The van der Waals surface area contributed by atoms with Crippen molar-refractivity contribution in [2.24, 2.45) is 5.73 Å². The minimum Gasteiger partial charge on any atom is -0.399 e. The highest BCUT2D eigenvalue weighted by molar-refractivity contribution is 5.66. The largest absolute Gasteiger partial charge is 0.399 e. The van der Waals surface area contributed by atoms with Crippen LogP contribution in [0.15, 0.2) is 48.2 Å². The van der Waals surface area contributed by atoms with Gasteiger partial charge in [-0.15, -0.1) is 0 Å². The molecular weight excluding hydrogens is 258 g/mol. The van der Waals surface area contributed by atoms with E-state index in [0.29, 0.717) is 0 Å². The molecule has 0 amide bonds. The quantitative estimate of drug-likeness (QED) is 0.657. The number of hydrogen-bond acceptors (Lipinski definition) is 3. The lowest BCUT2D eigenvalue weighted by Crippen LogP contribution is -2.12. The molecule has 0 radical (unpaired) electrons. The zero-order valence-electron chi connectivity index (χ0n) is 12.9. The van der Waals surface area contributed by atoms with E-state index in [1.54, 1.807) is 0 Å². The fourth-order valence-corrected chi connectivity index (χ4v) is 2.43. The summed E-state index contributed by atoms with van der Waals surface area (Å²) in [5, 5.41) is 0. The topological polar surface area (TPSA) is 64.9 Å². The maximum Gasteiger partial charge on any atom is 0.0704 e. The van der Waals surface area contributed by atoms with E-state index in [1.807, 2.05) is 37.4 Å². The van der Waals surface area contributed by atoms with E-state index >= 15 is 0 Å². The molecule has 0 saturated carbocycles. The van der Waals surface area contributed by atoms with Gasteiger partial charge in [0.1, 0.15) is 0 Å². The molecule has 21 heavy (non-hydrogen) atoms. The highest BCUT2D eigenvalue weighted by Gasteiger charge is 2.09. The van der Waals surface area contributed by atoms with Crippen LogP contribution in [-0.2, 0) is 0 Å². The van der Waals surface area contributed by atoms with Gasteiger partial charge in [-0.05, 0) is 49.6 Å². The van der Waals surface area contributed by atoms with Crippen molar-refractivity contribution in [3.8, 4) is 11.3 Å². The molecule has 110 valence electrons. The second-order valence-corrected chi connectivity index (χ2v) is 5.39. The predicted octanol–water partition coefficient (Wildman–Crippen LogP) is 4.00. The number of nitrogen functional groups attached to an aromatic ring is 1. The van der Waals surface area contributed by atoms with Gasteiger partial charge in [-0.25, -0.2) is 0 Å². The van der Waals surface area contributed by atoms with Crippen LogP contribution in [0.1, 0.15) is 37.4 Å². The van der Waals surface area contributed by atoms with Crippen LogP contribution in [0.4, 0.5) is 5.69 Å². The van der Waals surface area contributed by atoms with Crippen LogP contribution in [0.2, 0.25) is 0 Å². The lowest BCUT2D eigenvalue weighted by Gasteiger charge is -2.13. The zero-order chi connectivity index (χ0) is 15.4. The number of aromatic nitrogens is 1. The molecule has 0 aliphatic heterocycles. The fourth-order valence-electron chi connectivity index (χ4n) is 2.43. The Labute approximate surface area is 126 Å². The second kappa shape index (κ2) is 6.55. The molecule has 2 rings (SSSR count). The second-order valence-electron chi connectivity index (χ2n) is 5.39. The van der Waals surface area contributed by atoms with Crippen LogP contribution in [0.25, 0.3) is 11.3 Å². The number of benzene rings is 1. The average molecular weight is 281 g/mol. The molecule has 1 atom stereocenters. The number of pyridine rings is 1. The fraction of sp³-hybridized carbons (Fsp3) is 0.278. The molecule has 2 aromatic rings. The summed E-state index contributed by atoms with van der Waals surface area (Å²) in [6.07, 6.45) is 5.02. The molecule has 1 heterocycles. The monoisotopic (exact) mass is 281 g/mol. The lowest BCUT2D eigenvalue weighted by molar-refractivity contribution is 0.831. The molecule has 0 spiro atoms. The standard InChI is InChI=1S/C18H23N3/c1-4-5-12(2)18(20)14-6-9-17(21-11-14)16-8-7-15(19)10-13(16)3/h5-11,18H,4,19-20H2,1-3H3/b12-5+. The maximum absolute atomic E-state index is 6.24. The van der Waals surface area contributed by atoms with E-state index in [1.165, 1.54) is 5.57 Å². The molecule has 0 bridgehead atoms. The van der Waals surface area contributed by atoms with Crippen LogP contribution < -0.4 is 11.5 Å². The first kappa shape index (κ1) is 15.3. The normalized spacial score (nSPS) is 13.2. The van der Waals surface area contributed by atoms with Gasteiger partial charge in [0, 0.05) is 17.4 Å². The highest BCUT2D eigenvalue weighted by atomic mass is 14.7. The molecule has 1 unspecified atom stereocenters. The Bertz CT molecular complexity index is 642. The van der Waals surface area contributed by atoms with E-state index in [0.717, 1.165) is 34.5 Å². The summed E-state index contributed by atoms with van der Waals surface area (Å²) in [6, 6.07) is 9.86. The van der Waals surface area contributed by atoms with Crippen LogP contribution in [-0.4, -0.2) is 4.98 Å². The first-order chi connectivity index (χ1) is 10.0. The Balaban J connectivity index is 2.28. The summed E-state index contributed by atoms with van der Waals surface area (Å²) < 4.78 is 0. The Kier molecular flexibility index (Phi) is 4.76. The summed E-state index contributed by atoms with van der Waals surface area (Å²) in [5.41, 5.74) is 18.2. The third-order valence-electron chi connectivity index (χ3n) is 3.69. The van der Waals surface area contributed by atoms with Gasteiger partial charge >= 0.3 is 0 Å². The summed E-state index contributed by atoms with van der Waals surface area (Å²) in [5.74, 6) is 0. The third kappa shape index (κ3) is 3.50. The number of aryl methyl sites for hydroxylation is 1.